The van der Waals surface area contributed by atoms with E-state index in [9.17, 15) is 4.39 Å². The third-order valence-electron chi connectivity index (χ3n) is 6.33. The molecule has 1 unspecified atom stereocenters. The van der Waals surface area contributed by atoms with Gasteiger partial charge in [0.1, 0.15) is 11.3 Å². The third kappa shape index (κ3) is 4.05. The van der Waals surface area contributed by atoms with E-state index >= 15 is 0 Å². The van der Waals surface area contributed by atoms with E-state index in [1.165, 1.54) is 11.6 Å². The average Bonchev–Trinajstić information content (AvgIpc) is 3.26. The lowest BCUT2D eigenvalue weighted by Crippen LogP contribution is -2.29. The van der Waals surface area contributed by atoms with Gasteiger partial charge >= 0.3 is 0 Å². The van der Waals surface area contributed by atoms with Crippen LogP contribution >= 0.6 is 0 Å². The van der Waals surface area contributed by atoms with E-state index in [2.05, 4.69) is 47.8 Å². The molecule has 4 aromatic rings. The maximum absolute atomic E-state index is 13.5. The molecule has 5 rings (SSSR count). The van der Waals surface area contributed by atoms with Crippen LogP contribution in [0, 0.1) is 18.7 Å². The number of oxazole rings is 1. The normalized spacial score (nSPS) is 17.2. The Labute approximate surface area is 187 Å². The summed E-state index contributed by atoms with van der Waals surface area (Å²) in [4.78, 5) is 12.5. The molecular weight excluding hydrogens is 407 g/mol. The number of aryl methyl sites for hydroxylation is 1. The van der Waals surface area contributed by atoms with Crippen LogP contribution in [0.15, 0.2) is 40.8 Å². The summed E-state index contributed by atoms with van der Waals surface area (Å²) >= 11 is 0. The average molecular weight is 437 g/mol. The smallest absolute Gasteiger partial charge is 0.298 e. The van der Waals surface area contributed by atoms with Gasteiger partial charge in [0.05, 0.1) is 13.2 Å². The van der Waals surface area contributed by atoms with E-state index in [-0.39, 0.29) is 5.82 Å². The first-order chi connectivity index (χ1) is 15.5. The molecule has 0 aliphatic carbocycles. The van der Waals surface area contributed by atoms with Gasteiger partial charge in [-0.05, 0) is 54.8 Å². The summed E-state index contributed by atoms with van der Waals surface area (Å²) in [5, 5.41) is 1.08. The van der Waals surface area contributed by atoms with Crippen molar-refractivity contribution in [1.29, 1.82) is 0 Å². The van der Waals surface area contributed by atoms with E-state index in [4.69, 9.17) is 14.1 Å². The summed E-state index contributed by atoms with van der Waals surface area (Å²) in [6, 6.07) is 11.7. The van der Waals surface area contributed by atoms with Gasteiger partial charge in [0.2, 0.25) is 0 Å². The predicted octanol–water partition coefficient (Wildman–Crippen LogP) is 4.91. The lowest BCUT2D eigenvalue weighted by atomic mass is 10.1. The first-order valence-corrected chi connectivity index (χ1v) is 11.2. The molecule has 1 atom stereocenters. The Bertz CT molecular complexity index is 1250. The van der Waals surface area contributed by atoms with E-state index in [0.29, 0.717) is 18.5 Å². The van der Waals surface area contributed by atoms with E-state index in [0.717, 1.165) is 66.0 Å². The largest absolute Gasteiger partial charge is 0.423 e. The Morgan fingerprint density at radius 2 is 2.12 bits per heavy atom. The molecule has 2 aromatic heterocycles. The molecule has 1 fully saturated rings. The summed E-state index contributed by atoms with van der Waals surface area (Å²) in [7, 11) is 2.08. The number of fused-ring (bicyclic) bond motifs is 2. The number of anilines is 2. The van der Waals surface area contributed by atoms with Crippen LogP contribution in [0.1, 0.15) is 18.2 Å². The van der Waals surface area contributed by atoms with Crippen molar-refractivity contribution in [1.82, 2.24) is 9.97 Å². The van der Waals surface area contributed by atoms with Crippen LogP contribution in [-0.2, 0) is 11.2 Å². The molecule has 7 heteroatoms. The summed E-state index contributed by atoms with van der Waals surface area (Å²) in [6.07, 6.45) is 0.840. The molecule has 0 saturated carbocycles. The minimum absolute atomic E-state index is 0.218. The van der Waals surface area contributed by atoms with Crippen LogP contribution in [0.25, 0.3) is 22.0 Å². The molecule has 1 N–H and O–H groups in total. The fourth-order valence-electron chi connectivity index (χ4n) is 4.45. The molecule has 6 nitrogen and oxygen atoms in total. The van der Waals surface area contributed by atoms with Gasteiger partial charge in [-0.15, -0.1) is 0 Å². The number of hydrogen-bond acceptors (Lipinski definition) is 5. The quantitative estimate of drug-likeness (QED) is 0.482. The van der Waals surface area contributed by atoms with Gasteiger partial charge in [-0.3, -0.25) is 0 Å². The molecule has 0 amide bonds. The highest BCUT2D eigenvalue weighted by atomic mass is 19.1. The van der Waals surface area contributed by atoms with Crippen molar-refractivity contribution in [2.45, 2.75) is 20.3 Å². The zero-order valence-electron chi connectivity index (χ0n) is 18.8. The van der Waals surface area contributed by atoms with E-state index in [1.807, 2.05) is 12.1 Å². The van der Waals surface area contributed by atoms with Crippen LogP contribution in [0.5, 0.6) is 0 Å². The second-order valence-corrected chi connectivity index (χ2v) is 8.86. The van der Waals surface area contributed by atoms with Crippen LogP contribution < -0.4 is 9.80 Å². The van der Waals surface area contributed by atoms with Gasteiger partial charge in [0.15, 0.2) is 5.58 Å². The Balaban J connectivity index is 1.31. The molecule has 168 valence electrons. The van der Waals surface area contributed by atoms with Crippen LogP contribution in [0.4, 0.5) is 16.1 Å². The lowest BCUT2D eigenvalue weighted by molar-refractivity contribution is 0.129. The van der Waals surface area contributed by atoms with Gasteiger partial charge in [0, 0.05) is 55.4 Å². The van der Waals surface area contributed by atoms with Gasteiger partial charge in [-0.25, -0.2) is 4.39 Å². The zero-order valence-corrected chi connectivity index (χ0v) is 18.8. The van der Waals surface area contributed by atoms with Crippen molar-refractivity contribution >= 4 is 33.7 Å². The molecule has 0 spiro atoms. The first kappa shape index (κ1) is 20.8. The lowest BCUT2D eigenvalue weighted by Gasteiger charge is -2.19. The summed E-state index contributed by atoms with van der Waals surface area (Å²) in [5.41, 5.74) is 5.91. The Morgan fingerprint density at radius 1 is 1.25 bits per heavy atom. The number of H-pyrrole nitrogens is 1. The molecule has 2 aromatic carbocycles. The van der Waals surface area contributed by atoms with Crippen molar-refractivity contribution in [2.24, 2.45) is 5.92 Å². The van der Waals surface area contributed by atoms with Crippen molar-refractivity contribution in [3.63, 3.8) is 0 Å². The number of aromatic nitrogens is 2. The van der Waals surface area contributed by atoms with E-state index < -0.39 is 0 Å². The third-order valence-corrected chi connectivity index (χ3v) is 6.33. The topological polar surface area (TPSA) is 57.5 Å². The Hall–Kier alpha value is -3.06. The number of nitrogens with one attached hydrogen (secondary N) is 1. The maximum atomic E-state index is 13.5. The number of halogens is 1. The second-order valence-electron chi connectivity index (χ2n) is 8.86. The molecule has 1 saturated heterocycles. The van der Waals surface area contributed by atoms with Crippen molar-refractivity contribution in [3.05, 3.63) is 53.5 Å². The van der Waals surface area contributed by atoms with Gasteiger partial charge in [0.25, 0.3) is 6.01 Å². The van der Waals surface area contributed by atoms with Gasteiger partial charge in [-0.1, -0.05) is 6.92 Å². The number of hydrogen-bond donors (Lipinski definition) is 1. The zero-order chi connectivity index (χ0) is 22.2. The number of ether oxygens (including phenoxy) is 1. The predicted molar refractivity (Wildman–Crippen MR) is 126 cm³/mol. The van der Waals surface area contributed by atoms with Gasteiger partial charge in [-0.2, -0.15) is 4.98 Å². The number of rotatable bonds is 5. The highest BCUT2D eigenvalue weighted by Gasteiger charge is 2.20. The van der Waals surface area contributed by atoms with Crippen molar-refractivity contribution in [3.8, 4) is 0 Å². The number of nitrogens with zero attached hydrogens (tertiary/aromatic N) is 3. The Morgan fingerprint density at radius 3 is 3.00 bits per heavy atom. The maximum Gasteiger partial charge on any atom is 0.298 e. The minimum atomic E-state index is -0.218. The van der Waals surface area contributed by atoms with Crippen molar-refractivity contribution in [2.75, 3.05) is 49.7 Å². The fraction of sp³-hybridized carbons (Fsp3) is 0.400. The van der Waals surface area contributed by atoms with Crippen LogP contribution in [0.3, 0.4) is 0 Å². The number of likely N-dealkylation sites (N-methyl/N-ethyl adjacent to an activating group) is 1. The number of benzene rings is 2. The highest BCUT2D eigenvalue weighted by Crippen LogP contribution is 2.28. The Kier molecular flexibility index (Phi) is 5.51. The fourth-order valence-corrected chi connectivity index (χ4v) is 4.45. The van der Waals surface area contributed by atoms with Gasteiger partial charge < -0.3 is 23.9 Å². The summed E-state index contributed by atoms with van der Waals surface area (Å²) in [5.74, 6) is 0.226. The molecular formula is C25H29FN4O2. The SMILES string of the molecule is Cc1c(CCN(C)c2ccc3oc(N4CCOCC(C)C4)nc3c2)[nH]c2cc(F)ccc12. The highest BCUT2D eigenvalue weighted by molar-refractivity contribution is 5.84. The van der Waals surface area contributed by atoms with Crippen LogP contribution in [0.2, 0.25) is 0 Å². The van der Waals surface area contributed by atoms with Crippen molar-refractivity contribution < 1.29 is 13.5 Å². The summed E-state index contributed by atoms with van der Waals surface area (Å²) in [6.45, 7) is 8.23. The van der Waals surface area contributed by atoms with E-state index in [1.54, 1.807) is 6.07 Å². The molecule has 1 aliphatic heterocycles. The second kappa shape index (κ2) is 8.47. The molecule has 1 aliphatic rings. The van der Waals surface area contributed by atoms with Crippen LogP contribution in [-0.4, -0.2) is 49.9 Å². The molecule has 0 radical (unpaired) electrons. The first-order valence-electron chi connectivity index (χ1n) is 11.2. The monoisotopic (exact) mass is 436 g/mol. The molecule has 3 heterocycles. The summed E-state index contributed by atoms with van der Waals surface area (Å²) < 4.78 is 25.2. The standard InChI is InChI=1S/C25H29FN4O2/c1-16-14-30(10-11-31-15-16)25-28-23-13-19(5-7-24(23)32-25)29(3)9-8-21-17(2)20-6-4-18(26)12-22(20)27-21/h4-7,12-13,16,27H,8-11,14-15H2,1-3H3. The molecule has 0 bridgehead atoms. The number of aromatic amines is 1. The molecule has 32 heavy (non-hydrogen) atoms. The minimum Gasteiger partial charge on any atom is -0.423 e.